The zero-order valence-electron chi connectivity index (χ0n) is 10.4. The third-order valence-corrected chi connectivity index (χ3v) is 2.18. The van der Waals surface area contributed by atoms with Crippen molar-refractivity contribution in [2.24, 2.45) is 5.73 Å². The molecule has 0 aromatic heterocycles. The third kappa shape index (κ3) is 10.9. The highest BCUT2D eigenvalue weighted by Crippen LogP contribution is 2.01. The summed E-state index contributed by atoms with van der Waals surface area (Å²) in [5, 5.41) is 17.4. The van der Waals surface area contributed by atoms with Crippen LogP contribution in [0.3, 0.4) is 0 Å². The Morgan fingerprint density at radius 2 is 1.79 bits per heavy atom. The molecule has 1 atom stereocenters. The molecule has 0 radical (unpaired) electrons. The van der Waals surface area contributed by atoms with Crippen molar-refractivity contribution in [2.75, 3.05) is 13.2 Å². The van der Waals surface area contributed by atoms with Crippen LogP contribution >= 0.6 is 0 Å². The summed E-state index contributed by atoms with van der Waals surface area (Å²) in [4.78, 5) is 35.4. The molecule has 0 saturated carbocycles. The van der Waals surface area contributed by atoms with E-state index in [1.807, 2.05) is 0 Å². The van der Waals surface area contributed by atoms with Crippen LogP contribution < -0.4 is 5.73 Å². The lowest BCUT2D eigenvalue weighted by atomic mass is 10.2. The number of carboxylic acids is 1. The quantitative estimate of drug-likeness (QED) is 0.234. The average Bonchev–Trinajstić information content (AvgIpc) is 2.30. The summed E-state index contributed by atoms with van der Waals surface area (Å²) in [6, 6.07) is -1.15. The summed E-state index contributed by atoms with van der Waals surface area (Å²) in [7, 11) is 0. The maximum atomic E-state index is 11.2. The number of carbonyl (C=O) groups excluding carboxylic acids is 1. The van der Waals surface area contributed by atoms with Gasteiger partial charge in [0.15, 0.2) is 0 Å². The van der Waals surface area contributed by atoms with Crippen molar-refractivity contribution in [1.82, 2.24) is 0 Å². The van der Waals surface area contributed by atoms with Gasteiger partial charge in [-0.05, 0) is 19.3 Å². The van der Waals surface area contributed by atoms with Crippen LogP contribution in [0.2, 0.25) is 0 Å². The van der Waals surface area contributed by atoms with Crippen molar-refractivity contribution >= 4 is 11.9 Å². The molecule has 3 N–H and O–H groups in total. The van der Waals surface area contributed by atoms with Gasteiger partial charge in [0.2, 0.25) is 0 Å². The molecule has 0 bridgehead atoms. The number of hydrogen-bond acceptors (Lipinski definition) is 7. The smallest absolute Gasteiger partial charge is 0.323 e. The van der Waals surface area contributed by atoms with Crippen LogP contribution in [0.1, 0.15) is 32.1 Å². The molecule has 110 valence electrons. The maximum absolute atomic E-state index is 11.2. The molecule has 0 fully saturated rings. The molecule has 1 unspecified atom stereocenters. The first kappa shape index (κ1) is 17.1. The molecule has 0 heterocycles. The van der Waals surface area contributed by atoms with Crippen LogP contribution in [0.4, 0.5) is 0 Å². The Hall–Kier alpha value is -1.90. The number of unbranched alkanes of at least 4 members (excludes halogenated alkanes) is 3. The molecule has 0 aliphatic carbocycles. The molecular weight excluding hydrogens is 260 g/mol. The molecule has 0 amide bonds. The Labute approximate surface area is 109 Å². The van der Waals surface area contributed by atoms with Gasteiger partial charge in [0.05, 0.1) is 19.6 Å². The Balaban J connectivity index is 3.41. The van der Waals surface area contributed by atoms with E-state index in [0.717, 1.165) is 6.42 Å². The van der Waals surface area contributed by atoms with Gasteiger partial charge in [0, 0.05) is 0 Å². The highest BCUT2D eigenvalue weighted by Gasteiger charge is 2.17. The fourth-order valence-corrected chi connectivity index (χ4v) is 1.25. The van der Waals surface area contributed by atoms with Crippen LogP contribution in [0.5, 0.6) is 0 Å². The van der Waals surface area contributed by atoms with E-state index < -0.39 is 29.5 Å². The minimum absolute atomic E-state index is 0.0519. The predicted molar refractivity (Wildman–Crippen MR) is 62.6 cm³/mol. The number of rotatable bonds is 11. The molecule has 0 rings (SSSR count). The number of hydrogen-bond donors (Lipinski definition) is 2. The van der Waals surface area contributed by atoms with Crippen LogP contribution in [-0.2, 0) is 19.2 Å². The van der Waals surface area contributed by atoms with Gasteiger partial charge in [-0.15, -0.1) is 10.1 Å². The molecule has 0 aromatic carbocycles. The topological polar surface area (TPSA) is 142 Å². The van der Waals surface area contributed by atoms with Crippen molar-refractivity contribution in [2.45, 2.75) is 38.1 Å². The Kier molecular flexibility index (Phi) is 9.06. The molecule has 0 saturated heterocycles. The largest absolute Gasteiger partial charge is 0.481 e. The first-order valence-electron chi connectivity index (χ1n) is 5.84. The van der Waals surface area contributed by atoms with Crippen molar-refractivity contribution < 1.29 is 29.4 Å². The van der Waals surface area contributed by atoms with Crippen LogP contribution in [-0.4, -0.2) is 41.4 Å². The summed E-state index contributed by atoms with van der Waals surface area (Å²) >= 11 is 0. The number of carboxylic acid groups (broad SMARTS) is 1. The average molecular weight is 278 g/mol. The first-order chi connectivity index (χ1) is 8.93. The van der Waals surface area contributed by atoms with E-state index >= 15 is 0 Å². The van der Waals surface area contributed by atoms with E-state index in [0.29, 0.717) is 19.3 Å². The standard InChI is InChI=1S/C10H18N2O7/c11-8(7-9(13)14)10(15)18-5-3-1-2-4-6-19-12(16)17/h8H,1-7,11H2,(H,13,14). The molecule has 0 spiro atoms. The summed E-state index contributed by atoms with van der Waals surface area (Å²) in [6.07, 6.45) is 2.11. The second kappa shape index (κ2) is 10.1. The van der Waals surface area contributed by atoms with Gasteiger partial charge in [-0.2, -0.15) is 0 Å². The number of ether oxygens (including phenoxy) is 1. The normalized spacial score (nSPS) is 11.6. The van der Waals surface area contributed by atoms with E-state index in [-0.39, 0.29) is 13.2 Å². The maximum Gasteiger partial charge on any atom is 0.323 e. The van der Waals surface area contributed by atoms with Gasteiger partial charge in [-0.25, -0.2) is 0 Å². The first-order valence-corrected chi connectivity index (χ1v) is 5.84. The Morgan fingerprint density at radius 3 is 2.32 bits per heavy atom. The SMILES string of the molecule is NC(CC(=O)O)C(=O)OCCCCCCO[N+](=O)[O-]. The van der Waals surface area contributed by atoms with Gasteiger partial charge in [0.1, 0.15) is 6.04 Å². The van der Waals surface area contributed by atoms with Gasteiger partial charge in [-0.1, -0.05) is 6.42 Å². The minimum Gasteiger partial charge on any atom is -0.481 e. The predicted octanol–water partition coefficient (Wildman–Crippen LogP) is 0.100. The molecule has 9 nitrogen and oxygen atoms in total. The fraction of sp³-hybridized carbons (Fsp3) is 0.800. The lowest BCUT2D eigenvalue weighted by Crippen LogP contribution is -2.34. The van der Waals surface area contributed by atoms with Gasteiger partial charge >= 0.3 is 11.9 Å². The van der Waals surface area contributed by atoms with Crippen molar-refractivity contribution in [1.29, 1.82) is 0 Å². The summed E-state index contributed by atoms with van der Waals surface area (Å²) in [6.45, 7) is 0.207. The Morgan fingerprint density at radius 1 is 1.21 bits per heavy atom. The zero-order valence-corrected chi connectivity index (χ0v) is 10.4. The number of nitrogens with zero attached hydrogens (tertiary/aromatic N) is 1. The second-order valence-electron chi connectivity index (χ2n) is 3.84. The number of carbonyl (C=O) groups is 2. The highest BCUT2D eigenvalue weighted by atomic mass is 16.9. The number of aliphatic carboxylic acids is 1. The van der Waals surface area contributed by atoms with E-state index in [4.69, 9.17) is 15.6 Å². The molecule has 0 aliphatic heterocycles. The van der Waals surface area contributed by atoms with Crippen LogP contribution in [0.25, 0.3) is 0 Å². The van der Waals surface area contributed by atoms with E-state index in [1.54, 1.807) is 0 Å². The Bertz CT molecular complexity index is 308. The fourth-order valence-electron chi connectivity index (χ4n) is 1.25. The molecule has 9 heteroatoms. The molecule has 0 aromatic rings. The molecule has 19 heavy (non-hydrogen) atoms. The summed E-state index contributed by atoms with van der Waals surface area (Å²) in [5.74, 6) is -1.89. The summed E-state index contributed by atoms with van der Waals surface area (Å²) in [5.41, 5.74) is 5.29. The van der Waals surface area contributed by atoms with Crippen molar-refractivity contribution in [3.8, 4) is 0 Å². The number of nitrogens with two attached hydrogens (primary N) is 1. The van der Waals surface area contributed by atoms with E-state index in [9.17, 15) is 19.7 Å². The molecule has 0 aliphatic rings. The van der Waals surface area contributed by atoms with Gasteiger partial charge < -0.3 is 20.4 Å². The van der Waals surface area contributed by atoms with Crippen LogP contribution in [0.15, 0.2) is 0 Å². The third-order valence-electron chi connectivity index (χ3n) is 2.18. The number of esters is 1. The summed E-state index contributed by atoms with van der Waals surface area (Å²) < 4.78 is 4.78. The second-order valence-corrected chi connectivity index (χ2v) is 3.84. The van der Waals surface area contributed by atoms with Gasteiger partial charge in [-0.3, -0.25) is 9.59 Å². The van der Waals surface area contributed by atoms with E-state index in [2.05, 4.69) is 4.84 Å². The molecular formula is C10H18N2O7. The van der Waals surface area contributed by atoms with Crippen molar-refractivity contribution in [3.05, 3.63) is 10.1 Å². The van der Waals surface area contributed by atoms with Crippen molar-refractivity contribution in [3.63, 3.8) is 0 Å². The monoisotopic (exact) mass is 278 g/mol. The highest BCUT2D eigenvalue weighted by molar-refractivity contribution is 5.81. The lowest BCUT2D eigenvalue weighted by Gasteiger charge is -2.09. The van der Waals surface area contributed by atoms with Gasteiger partial charge in [0.25, 0.3) is 5.09 Å². The van der Waals surface area contributed by atoms with E-state index in [1.165, 1.54) is 0 Å². The van der Waals surface area contributed by atoms with Crippen LogP contribution in [0, 0.1) is 10.1 Å². The zero-order chi connectivity index (χ0) is 14.7. The minimum atomic E-state index is -1.16. The lowest BCUT2D eigenvalue weighted by molar-refractivity contribution is -0.757.